The molecule has 0 aromatic carbocycles. The van der Waals surface area contributed by atoms with E-state index in [0.717, 1.165) is 0 Å². The van der Waals surface area contributed by atoms with Gasteiger partial charge in [0.05, 0.1) is 6.54 Å². The van der Waals surface area contributed by atoms with Crippen molar-refractivity contribution in [2.24, 2.45) is 0 Å². The van der Waals surface area contributed by atoms with Gasteiger partial charge in [-0.1, -0.05) is 6.08 Å². The molecule has 0 radical (unpaired) electrons. The van der Waals surface area contributed by atoms with Gasteiger partial charge in [0.1, 0.15) is 6.20 Å². The molecule has 0 aromatic rings. The molecule has 66 valence electrons. The molecule has 4 heteroatoms. The van der Waals surface area contributed by atoms with E-state index in [9.17, 15) is 4.79 Å². The van der Waals surface area contributed by atoms with Crippen LogP contribution < -0.4 is 0 Å². The fourth-order valence-corrected chi connectivity index (χ4v) is 1.65. The van der Waals surface area contributed by atoms with Crippen LogP contribution in [0.2, 0.25) is 0 Å². The van der Waals surface area contributed by atoms with Gasteiger partial charge in [0.15, 0.2) is 5.37 Å². The van der Waals surface area contributed by atoms with Gasteiger partial charge in [0.25, 0.3) is 0 Å². The van der Waals surface area contributed by atoms with Crippen molar-refractivity contribution in [3.8, 4) is 0 Å². The molecule has 2 unspecified atom stereocenters. The number of quaternary nitrogens is 1. The van der Waals surface area contributed by atoms with Crippen molar-refractivity contribution in [3.63, 3.8) is 0 Å². The van der Waals surface area contributed by atoms with E-state index in [1.54, 1.807) is 18.4 Å². The summed E-state index contributed by atoms with van der Waals surface area (Å²) in [4.78, 5) is 11.0. The predicted octanol–water partition coefficient (Wildman–Crippen LogP) is 1.84. The number of carbonyl (C=O) groups is 1. The van der Waals surface area contributed by atoms with E-state index >= 15 is 0 Å². The highest BCUT2D eigenvalue weighted by Crippen LogP contribution is 2.22. The molecule has 1 N–H and O–H groups in total. The summed E-state index contributed by atoms with van der Waals surface area (Å²) in [6, 6.07) is 0. The number of hydrogen-bond acceptors (Lipinski definition) is 2. The summed E-state index contributed by atoms with van der Waals surface area (Å²) < 4.78 is -0.125. The molecule has 1 amide bonds. The first-order chi connectivity index (χ1) is 5.63. The lowest BCUT2D eigenvalue weighted by Gasteiger charge is -2.32. The third-order valence-electron chi connectivity index (χ3n) is 2.10. The van der Waals surface area contributed by atoms with Gasteiger partial charge >= 0.3 is 6.09 Å². The highest BCUT2D eigenvalue weighted by molar-refractivity contribution is 7.80. The summed E-state index contributed by atoms with van der Waals surface area (Å²) in [6.07, 6.45) is 6.12. The molecule has 3 nitrogen and oxygen atoms in total. The molecule has 1 aliphatic heterocycles. The fraction of sp³-hybridized carbons (Fsp3) is 0.375. The van der Waals surface area contributed by atoms with Crippen molar-refractivity contribution in [1.82, 2.24) is 0 Å². The normalized spacial score (nSPS) is 33.7. The second kappa shape index (κ2) is 3.33. The molecule has 12 heavy (non-hydrogen) atoms. The summed E-state index contributed by atoms with van der Waals surface area (Å²) >= 11 is 4.21. The molecule has 0 saturated heterocycles. The number of hydrogen-bond donors (Lipinski definition) is 2. The third kappa shape index (κ3) is 1.28. The first kappa shape index (κ1) is 9.35. The maximum Gasteiger partial charge on any atom is 0.519 e. The van der Waals surface area contributed by atoms with Crippen molar-refractivity contribution in [2.45, 2.75) is 12.3 Å². The van der Waals surface area contributed by atoms with Gasteiger partial charge in [0, 0.05) is 0 Å². The van der Waals surface area contributed by atoms with E-state index in [1.807, 2.05) is 13.0 Å². The zero-order valence-electron chi connectivity index (χ0n) is 6.84. The molecule has 2 atom stereocenters. The Morgan fingerprint density at radius 2 is 2.33 bits per heavy atom. The number of allylic oxidation sites excluding steroid dienone is 2. The average molecular weight is 186 g/mol. The number of likely N-dealkylation sites (N-methyl/N-ethyl adjacent to an activating group) is 1. The van der Waals surface area contributed by atoms with Gasteiger partial charge in [0.2, 0.25) is 0 Å². The summed E-state index contributed by atoms with van der Waals surface area (Å²) in [5.41, 5.74) is 0. The third-order valence-corrected chi connectivity index (χ3v) is 2.68. The zero-order valence-corrected chi connectivity index (χ0v) is 7.74. The highest BCUT2D eigenvalue weighted by Gasteiger charge is 2.39. The summed E-state index contributed by atoms with van der Waals surface area (Å²) in [5.74, 6) is 0. The van der Waals surface area contributed by atoms with Gasteiger partial charge in [-0.15, -0.1) is 12.6 Å². The maximum atomic E-state index is 11.0. The van der Waals surface area contributed by atoms with E-state index in [4.69, 9.17) is 5.11 Å². The number of amides is 1. The largest absolute Gasteiger partial charge is 0.519 e. The van der Waals surface area contributed by atoms with Crippen LogP contribution in [0.3, 0.4) is 0 Å². The minimum atomic E-state index is -0.863. The molecule has 1 aliphatic rings. The van der Waals surface area contributed by atoms with Crippen molar-refractivity contribution in [1.29, 1.82) is 0 Å². The topological polar surface area (TPSA) is 37.3 Å². The number of rotatable bonds is 1. The molecule has 0 aliphatic carbocycles. The van der Waals surface area contributed by atoms with Crippen molar-refractivity contribution in [3.05, 3.63) is 24.4 Å². The van der Waals surface area contributed by atoms with Crippen LogP contribution in [-0.4, -0.2) is 27.6 Å². The van der Waals surface area contributed by atoms with Gasteiger partial charge in [-0.3, -0.25) is 0 Å². The van der Waals surface area contributed by atoms with E-state index in [1.165, 1.54) is 0 Å². The molecule has 0 spiro atoms. The fourth-order valence-electron chi connectivity index (χ4n) is 1.21. The van der Waals surface area contributed by atoms with E-state index in [2.05, 4.69) is 12.6 Å². The van der Waals surface area contributed by atoms with Gasteiger partial charge in [-0.25, -0.2) is 0 Å². The van der Waals surface area contributed by atoms with Crippen LogP contribution in [0.5, 0.6) is 0 Å². The quantitative estimate of drug-likeness (QED) is 0.484. The Morgan fingerprint density at radius 1 is 1.67 bits per heavy atom. The van der Waals surface area contributed by atoms with E-state index in [-0.39, 0.29) is 9.86 Å². The first-order valence-electron chi connectivity index (χ1n) is 3.78. The Labute approximate surface area is 77.0 Å². The summed E-state index contributed by atoms with van der Waals surface area (Å²) in [5, 5.41) is 8.72. The van der Waals surface area contributed by atoms with Crippen molar-refractivity contribution in [2.75, 3.05) is 6.54 Å². The van der Waals surface area contributed by atoms with Crippen LogP contribution in [-0.2, 0) is 0 Å². The molecular weight excluding hydrogens is 174 g/mol. The molecule has 1 heterocycles. The van der Waals surface area contributed by atoms with Crippen molar-refractivity contribution >= 4 is 18.7 Å². The van der Waals surface area contributed by atoms with Crippen LogP contribution in [0.4, 0.5) is 4.79 Å². The van der Waals surface area contributed by atoms with Crippen LogP contribution in [0.25, 0.3) is 0 Å². The lowest BCUT2D eigenvalue weighted by atomic mass is 10.3. The number of carboxylic acid groups (broad SMARTS) is 1. The zero-order chi connectivity index (χ0) is 9.19. The molecule has 0 fully saturated rings. The Balaban J connectivity index is 3.00. The Bertz CT molecular complexity index is 249. The molecule has 1 rings (SSSR count). The molecular formula is C8H12NO2S+. The molecule has 0 saturated carbocycles. The Hall–Kier alpha value is -0.740. The van der Waals surface area contributed by atoms with Gasteiger partial charge in [-0.2, -0.15) is 9.28 Å². The van der Waals surface area contributed by atoms with Gasteiger partial charge < -0.3 is 5.11 Å². The molecule has 0 bridgehead atoms. The standard InChI is InChI=1S/C8H11NO2S/c1-2-9(8(10)11)6-4-3-5-7(9)12/h3-7H,2H2,1H3,(H-,10,11,12)/p+1. The molecule has 0 aromatic heterocycles. The van der Waals surface area contributed by atoms with E-state index < -0.39 is 6.09 Å². The maximum absolute atomic E-state index is 11.0. The minimum absolute atomic E-state index is 0.125. The average Bonchev–Trinajstić information content (AvgIpc) is 2.05. The van der Waals surface area contributed by atoms with Crippen LogP contribution in [0, 0.1) is 0 Å². The Morgan fingerprint density at radius 3 is 2.67 bits per heavy atom. The van der Waals surface area contributed by atoms with Crippen molar-refractivity contribution < 1.29 is 14.4 Å². The smallest absolute Gasteiger partial charge is 0.435 e. The summed E-state index contributed by atoms with van der Waals surface area (Å²) in [6.45, 7) is 2.34. The van der Waals surface area contributed by atoms with Crippen LogP contribution in [0.15, 0.2) is 24.4 Å². The Kier molecular flexibility index (Phi) is 2.59. The van der Waals surface area contributed by atoms with Gasteiger partial charge in [-0.05, 0) is 19.1 Å². The van der Waals surface area contributed by atoms with Crippen LogP contribution >= 0.6 is 12.6 Å². The lowest BCUT2D eigenvalue weighted by Crippen LogP contribution is -2.52. The highest BCUT2D eigenvalue weighted by atomic mass is 32.1. The second-order valence-electron chi connectivity index (χ2n) is 2.67. The number of thiol groups is 1. The predicted molar refractivity (Wildman–Crippen MR) is 49.9 cm³/mol. The first-order valence-corrected chi connectivity index (χ1v) is 4.30. The van der Waals surface area contributed by atoms with Crippen LogP contribution in [0.1, 0.15) is 6.92 Å². The SMILES string of the molecule is CC[N+]1(C(=O)O)C=CC=CC1S. The number of nitrogens with zero attached hydrogens (tertiary/aromatic N) is 1. The minimum Gasteiger partial charge on any atom is -0.435 e. The monoisotopic (exact) mass is 186 g/mol. The summed E-state index contributed by atoms with van der Waals surface area (Å²) in [7, 11) is 0. The second-order valence-corrected chi connectivity index (χ2v) is 3.20. The lowest BCUT2D eigenvalue weighted by molar-refractivity contribution is -0.808. The van der Waals surface area contributed by atoms with E-state index in [0.29, 0.717) is 6.54 Å².